The van der Waals surface area contributed by atoms with Crippen molar-refractivity contribution in [1.82, 2.24) is 5.32 Å². The van der Waals surface area contributed by atoms with Gasteiger partial charge in [-0.05, 0) is 48.4 Å². The average Bonchev–Trinajstić information content (AvgIpc) is 2.79. The van der Waals surface area contributed by atoms with Gasteiger partial charge >= 0.3 is 0 Å². The second-order valence-corrected chi connectivity index (χ2v) is 6.71. The van der Waals surface area contributed by atoms with Gasteiger partial charge in [0.15, 0.2) is 0 Å². The molecule has 3 rings (SSSR count). The molecular weight excluding hydrogens is 374 g/mol. The fourth-order valence-electron chi connectivity index (χ4n) is 2.90. The van der Waals surface area contributed by atoms with E-state index in [0.717, 1.165) is 11.1 Å². The van der Waals surface area contributed by atoms with Gasteiger partial charge in [-0.2, -0.15) is 5.26 Å². The first-order valence-electron chi connectivity index (χ1n) is 9.51. The molecule has 0 bridgehead atoms. The Morgan fingerprint density at radius 2 is 1.60 bits per heavy atom. The fourth-order valence-corrected chi connectivity index (χ4v) is 2.90. The smallest absolute Gasteiger partial charge is 0.253 e. The van der Waals surface area contributed by atoms with Gasteiger partial charge in [-0.25, -0.2) is 0 Å². The molecule has 5 nitrogen and oxygen atoms in total. The van der Waals surface area contributed by atoms with Crippen molar-refractivity contribution in [3.8, 4) is 6.07 Å². The van der Waals surface area contributed by atoms with Crippen LogP contribution in [0, 0.1) is 11.3 Å². The first kappa shape index (κ1) is 20.6. The zero-order valence-corrected chi connectivity index (χ0v) is 16.5. The van der Waals surface area contributed by atoms with Crippen molar-refractivity contribution in [3.05, 3.63) is 107 Å². The molecule has 0 saturated carbocycles. The molecule has 1 atom stereocenters. The van der Waals surface area contributed by atoms with Gasteiger partial charge in [0.1, 0.15) is 0 Å². The summed E-state index contributed by atoms with van der Waals surface area (Å²) in [4.78, 5) is 25.1. The normalized spacial score (nSPS) is 11.5. The Balaban J connectivity index is 1.68. The van der Waals surface area contributed by atoms with Gasteiger partial charge in [0, 0.05) is 6.08 Å². The highest BCUT2D eigenvalue weighted by Crippen LogP contribution is 2.18. The van der Waals surface area contributed by atoms with Crippen LogP contribution in [0.1, 0.15) is 40.0 Å². The molecule has 1 unspecified atom stereocenters. The predicted octanol–water partition coefficient (Wildman–Crippen LogP) is 4.70. The molecule has 2 N–H and O–H groups in total. The minimum absolute atomic E-state index is 0.168. The van der Waals surface area contributed by atoms with Crippen LogP contribution >= 0.6 is 0 Å². The molecule has 0 spiro atoms. The largest absolute Gasteiger partial charge is 0.345 e. The van der Waals surface area contributed by atoms with E-state index in [9.17, 15) is 9.59 Å². The Bertz CT molecular complexity index is 1100. The van der Waals surface area contributed by atoms with E-state index >= 15 is 0 Å². The summed E-state index contributed by atoms with van der Waals surface area (Å²) in [5.41, 5.74) is 3.18. The highest BCUT2D eigenvalue weighted by atomic mass is 16.2. The molecular formula is C25H21N3O2. The Kier molecular flexibility index (Phi) is 6.75. The fraction of sp³-hybridized carbons (Fsp3) is 0.0800. The molecule has 0 aliphatic rings. The lowest BCUT2D eigenvalue weighted by Gasteiger charge is -2.16. The lowest BCUT2D eigenvalue weighted by molar-refractivity contribution is -0.111. The van der Waals surface area contributed by atoms with Gasteiger partial charge < -0.3 is 10.6 Å². The third-order valence-corrected chi connectivity index (χ3v) is 4.54. The number of rotatable bonds is 6. The second-order valence-electron chi connectivity index (χ2n) is 6.71. The van der Waals surface area contributed by atoms with Crippen molar-refractivity contribution in [2.75, 3.05) is 5.32 Å². The van der Waals surface area contributed by atoms with Crippen molar-refractivity contribution < 1.29 is 9.59 Å². The lowest BCUT2D eigenvalue weighted by Crippen LogP contribution is -2.27. The van der Waals surface area contributed by atoms with Gasteiger partial charge in [-0.15, -0.1) is 0 Å². The standard InChI is InChI=1S/C25H21N3O2/c1-18(21-7-3-2-4-8-21)27-25(30)22-9-5-6-10-23(22)28-24(29)16-15-19-11-13-20(17-26)14-12-19/h2-16,18H,1H3,(H,27,30)(H,28,29)/b16-15+. The summed E-state index contributed by atoms with van der Waals surface area (Å²) < 4.78 is 0. The van der Waals surface area contributed by atoms with Crippen LogP contribution in [0.3, 0.4) is 0 Å². The number of nitrogens with one attached hydrogen (secondary N) is 2. The summed E-state index contributed by atoms with van der Waals surface area (Å²) in [5, 5.41) is 14.6. The third kappa shape index (κ3) is 5.43. The highest BCUT2D eigenvalue weighted by Gasteiger charge is 2.15. The lowest BCUT2D eigenvalue weighted by atomic mass is 10.1. The Morgan fingerprint density at radius 3 is 2.30 bits per heavy atom. The topological polar surface area (TPSA) is 82.0 Å². The first-order chi connectivity index (χ1) is 14.6. The van der Waals surface area contributed by atoms with Crippen LogP contribution in [0.2, 0.25) is 0 Å². The van der Waals surface area contributed by atoms with Crippen LogP contribution in [0.5, 0.6) is 0 Å². The summed E-state index contributed by atoms with van der Waals surface area (Å²) in [7, 11) is 0. The van der Waals surface area contributed by atoms with E-state index in [4.69, 9.17) is 5.26 Å². The molecule has 0 radical (unpaired) electrons. The van der Waals surface area contributed by atoms with Crippen LogP contribution in [-0.2, 0) is 4.79 Å². The van der Waals surface area contributed by atoms with Gasteiger partial charge in [0.25, 0.3) is 5.91 Å². The number of hydrogen-bond acceptors (Lipinski definition) is 3. The Hall–Kier alpha value is -4.17. The molecule has 0 saturated heterocycles. The number of carbonyl (C=O) groups excluding carboxylic acids is 2. The SMILES string of the molecule is CC(NC(=O)c1ccccc1NC(=O)/C=C/c1ccc(C#N)cc1)c1ccccc1. The molecule has 0 fully saturated rings. The van der Waals surface area contributed by atoms with E-state index in [2.05, 4.69) is 16.7 Å². The maximum atomic E-state index is 12.8. The third-order valence-electron chi connectivity index (χ3n) is 4.54. The summed E-state index contributed by atoms with van der Waals surface area (Å²) in [6.07, 6.45) is 3.04. The van der Waals surface area contributed by atoms with E-state index in [0.29, 0.717) is 16.8 Å². The van der Waals surface area contributed by atoms with E-state index in [1.807, 2.05) is 37.3 Å². The maximum Gasteiger partial charge on any atom is 0.253 e. The number of benzene rings is 3. The number of hydrogen-bond donors (Lipinski definition) is 2. The predicted molar refractivity (Wildman–Crippen MR) is 118 cm³/mol. The van der Waals surface area contributed by atoms with E-state index in [1.165, 1.54) is 6.08 Å². The molecule has 5 heteroatoms. The van der Waals surface area contributed by atoms with Crippen molar-refractivity contribution in [3.63, 3.8) is 0 Å². The molecule has 0 heterocycles. The molecule has 2 amide bonds. The maximum absolute atomic E-state index is 12.8. The Labute approximate surface area is 175 Å². The van der Waals surface area contributed by atoms with Crippen LogP contribution in [0.25, 0.3) is 6.08 Å². The van der Waals surface area contributed by atoms with Gasteiger partial charge in [0.2, 0.25) is 5.91 Å². The summed E-state index contributed by atoms with van der Waals surface area (Å²) in [6.45, 7) is 1.91. The van der Waals surface area contributed by atoms with Gasteiger partial charge in [0.05, 0.1) is 28.9 Å². The average molecular weight is 395 g/mol. The van der Waals surface area contributed by atoms with Crippen molar-refractivity contribution in [1.29, 1.82) is 5.26 Å². The number of carbonyl (C=O) groups is 2. The van der Waals surface area contributed by atoms with E-state index < -0.39 is 0 Å². The van der Waals surface area contributed by atoms with Crippen molar-refractivity contribution in [2.24, 2.45) is 0 Å². The Morgan fingerprint density at radius 1 is 0.933 bits per heavy atom. The number of nitriles is 1. The molecule has 30 heavy (non-hydrogen) atoms. The van der Waals surface area contributed by atoms with Crippen LogP contribution in [0.4, 0.5) is 5.69 Å². The monoisotopic (exact) mass is 395 g/mol. The molecule has 3 aromatic carbocycles. The number of anilines is 1. The van der Waals surface area contributed by atoms with Crippen molar-refractivity contribution in [2.45, 2.75) is 13.0 Å². The minimum atomic E-state index is -0.351. The van der Waals surface area contributed by atoms with Crippen LogP contribution in [-0.4, -0.2) is 11.8 Å². The summed E-state index contributed by atoms with van der Waals surface area (Å²) >= 11 is 0. The zero-order valence-electron chi connectivity index (χ0n) is 16.5. The quantitative estimate of drug-likeness (QED) is 0.594. The zero-order chi connectivity index (χ0) is 21.3. The number of nitrogens with zero attached hydrogens (tertiary/aromatic N) is 1. The van der Waals surface area contributed by atoms with E-state index in [-0.39, 0.29) is 17.9 Å². The van der Waals surface area contributed by atoms with Gasteiger partial charge in [-0.1, -0.05) is 54.6 Å². The van der Waals surface area contributed by atoms with Crippen molar-refractivity contribution >= 4 is 23.6 Å². The number of para-hydroxylation sites is 1. The molecule has 0 aliphatic heterocycles. The molecule has 148 valence electrons. The number of amides is 2. The highest BCUT2D eigenvalue weighted by molar-refractivity contribution is 6.07. The van der Waals surface area contributed by atoms with Gasteiger partial charge in [-0.3, -0.25) is 9.59 Å². The van der Waals surface area contributed by atoms with Crippen LogP contribution < -0.4 is 10.6 Å². The first-order valence-corrected chi connectivity index (χ1v) is 9.51. The molecule has 3 aromatic rings. The molecule has 0 aromatic heterocycles. The van der Waals surface area contributed by atoms with E-state index in [1.54, 1.807) is 54.6 Å². The molecule has 0 aliphatic carbocycles. The summed E-state index contributed by atoms with van der Waals surface area (Å²) in [5.74, 6) is -0.617. The summed E-state index contributed by atoms with van der Waals surface area (Å²) in [6, 6.07) is 25.3. The van der Waals surface area contributed by atoms with Crippen LogP contribution in [0.15, 0.2) is 84.9 Å². The minimum Gasteiger partial charge on any atom is -0.345 e. The second kappa shape index (κ2) is 9.85.